The van der Waals surface area contributed by atoms with Crippen molar-refractivity contribution >= 4 is 34.2 Å². The number of benzene rings is 4. The van der Waals surface area contributed by atoms with Gasteiger partial charge in [0, 0.05) is 43.4 Å². The third-order valence-electron chi connectivity index (χ3n) is 7.86. The lowest BCUT2D eigenvalue weighted by molar-refractivity contribution is -0.141. The number of nitrogens with zero attached hydrogens (tertiary/aromatic N) is 2. The molecule has 0 aromatic heterocycles. The van der Waals surface area contributed by atoms with E-state index in [1.165, 1.54) is 0 Å². The molecule has 1 N–H and O–H groups in total. The molecule has 1 aliphatic heterocycles. The third-order valence-corrected chi connectivity index (χ3v) is 7.86. The van der Waals surface area contributed by atoms with E-state index in [1.54, 1.807) is 16.9 Å². The van der Waals surface area contributed by atoms with Crippen molar-refractivity contribution in [1.29, 1.82) is 0 Å². The van der Waals surface area contributed by atoms with Crippen molar-refractivity contribution in [3.8, 4) is 5.75 Å². The Morgan fingerprint density at radius 2 is 1.63 bits per heavy atom. The van der Waals surface area contributed by atoms with E-state index in [-0.39, 0.29) is 36.6 Å². The molecular formula is C36H39N3O4. The summed E-state index contributed by atoms with van der Waals surface area (Å²) in [5.41, 5.74) is 3.43. The van der Waals surface area contributed by atoms with Crippen LogP contribution >= 0.6 is 0 Å². The highest BCUT2D eigenvalue weighted by Gasteiger charge is 2.32. The first-order valence-corrected chi connectivity index (χ1v) is 14.9. The third kappa shape index (κ3) is 6.88. The van der Waals surface area contributed by atoms with Crippen LogP contribution in [0.25, 0.3) is 10.8 Å². The Morgan fingerprint density at radius 3 is 2.37 bits per heavy atom. The summed E-state index contributed by atoms with van der Waals surface area (Å²) in [7, 11) is 1.61. The molecule has 43 heavy (non-hydrogen) atoms. The summed E-state index contributed by atoms with van der Waals surface area (Å²) >= 11 is 0. The van der Waals surface area contributed by atoms with Crippen molar-refractivity contribution in [3.63, 3.8) is 0 Å². The predicted molar refractivity (Wildman–Crippen MR) is 170 cm³/mol. The second-order valence-corrected chi connectivity index (χ2v) is 11.5. The molecule has 4 aromatic rings. The minimum Gasteiger partial charge on any atom is -0.497 e. The van der Waals surface area contributed by atoms with Crippen LogP contribution < -0.4 is 15.0 Å². The van der Waals surface area contributed by atoms with Gasteiger partial charge in [-0.1, -0.05) is 80.6 Å². The molecule has 0 radical (unpaired) electrons. The van der Waals surface area contributed by atoms with Gasteiger partial charge in [-0.25, -0.2) is 0 Å². The van der Waals surface area contributed by atoms with Gasteiger partial charge in [0.15, 0.2) is 0 Å². The Kier molecular flexibility index (Phi) is 9.40. The van der Waals surface area contributed by atoms with Crippen LogP contribution in [0.5, 0.6) is 5.75 Å². The van der Waals surface area contributed by atoms with E-state index in [0.29, 0.717) is 37.2 Å². The van der Waals surface area contributed by atoms with E-state index in [1.807, 2.05) is 105 Å². The van der Waals surface area contributed by atoms with Crippen LogP contribution in [-0.2, 0) is 22.6 Å². The average Bonchev–Trinajstić information content (AvgIpc) is 3.30. The molecule has 0 spiro atoms. The number of ether oxygens (including phenoxy) is 1. The topological polar surface area (TPSA) is 79.0 Å². The smallest absolute Gasteiger partial charge is 0.258 e. The lowest BCUT2D eigenvalue weighted by atomic mass is 10.0. The standard InChI is InChI=1S/C36H39N3O4/c1-25(2)23-37-35(41)32(22-26-11-5-4-6-12-26)39(24-27-13-7-16-29(21-27)43-3)33(40)19-10-20-38-31-18-9-15-28-14-8-17-30(34(28)31)36(38)42/h4-9,11-18,21,25,32H,10,19-20,22-24H2,1-3H3,(H,37,41). The Morgan fingerprint density at radius 1 is 0.907 bits per heavy atom. The average molecular weight is 578 g/mol. The molecule has 1 heterocycles. The number of amides is 3. The van der Waals surface area contributed by atoms with Crippen LogP contribution in [0, 0.1) is 5.92 Å². The molecule has 222 valence electrons. The second kappa shape index (κ2) is 13.6. The fourth-order valence-electron chi connectivity index (χ4n) is 5.68. The quantitative estimate of drug-likeness (QED) is 0.211. The van der Waals surface area contributed by atoms with Crippen LogP contribution in [-0.4, -0.2) is 48.9 Å². The molecule has 0 saturated heterocycles. The molecule has 0 saturated carbocycles. The fraction of sp³-hybridized carbons (Fsp3) is 0.306. The normalized spacial score (nSPS) is 12.9. The van der Waals surface area contributed by atoms with E-state index in [4.69, 9.17) is 4.74 Å². The molecule has 0 aliphatic carbocycles. The summed E-state index contributed by atoms with van der Waals surface area (Å²) in [5.74, 6) is 0.615. The minimum absolute atomic E-state index is 0.0393. The molecule has 7 heteroatoms. The molecule has 1 aliphatic rings. The van der Waals surface area contributed by atoms with Gasteiger partial charge < -0.3 is 19.9 Å². The molecule has 5 rings (SSSR count). The van der Waals surface area contributed by atoms with Crippen LogP contribution in [0.4, 0.5) is 5.69 Å². The molecule has 0 fully saturated rings. The van der Waals surface area contributed by atoms with Gasteiger partial charge in [-0.2, -0.15) is 0 Å². The molecule has 1 atom stereocenters. The first-order valence-electron chi connectivity index (χ1n) is 14.9. The summed E-state index contributed by atoms with van der Waals surface area (Å²) in [5, 5.41) is 5.06. The summed E-state index contributed by atoms with van der Waals surface area (Å²) < 4.78 is 5.43. The molecule has 7 nitrogen and oxygen atoms in total. The highest BCUT2D eigenvalue weighted by atomic mass is 16.5. The van der Waals surface area contributed by atoms with Crippen molar-refractivity contribution in [3.05, 3.63) is 108 Å². The fourth-order valence-corrected chi connectivity index (χ4v) is 5.68. The van der Waals surface area contributed by atoms with Gasteiger partial charge in [-0.05, 0) is 53.1 Å². The van der Waals surface area contributed by atoms with Crippen LogP contribution in [0.2, 0.25) is 0 Å². The number of carbonyl (C=O) groups is 3. The van der Waals surface area contributed by atoms with Gasteiger partial charge in [0.25, 0.3) is 5.91 Å². The van der Waals surface area contributed by atoms with Crippen LogP contribution in [0.3, 0.4) is 0 Å². The SMILES string of the molecule is COc1cccc(CN(C(=O)CCCN2C(=O)c3cccc4cccc2c34)C(Cc2ccccc2)C(=O)NCC(C)C)c1. The highest BCUT2D eigenvalue weighted by Crippen LogP contribution is 2.37. The van der Waals surface area contributed by atoms with Crippen molar-refractivity contribution in [2.24, 2.45) is 5.92 Å². The second-order valence-electron chi connectivity index (χ2n) is 11.5. The predicted octanol–water partition coefficient (Wildman–Crippen LogP) is 6.00. The van der Waals surface area contributed by atoms with Gasteiger partial charge in [0.2, 0.25) is 11.8 Å². The zero-order valence-corrected chi connectivity index (χ0v) is 25.1. The Balaban J connectivity index is 1.38. The van der Waals surface area contributed by atoms with E-state index < -0.39 is 6.04 Å². The van der Waals surface area contributed by atoms with Crippen molar-refractivity contribution < 1.29 is 19.1 Å². The first kappa shape index (κ1) is 29.8. The summed E-state index contributed by atoms with van der Waals surface area (Å²) in [6.07, 6.45) is 1.06. The van der Waals surface area contributed by atoms with Crippen LogP contribution in [0.1, 0.15) is 48.2 Å². The van der Waals surface area contributed by atoms with E-state index in [2.05, 4.69) is 5.32 Å². The van der Waals surface area contributed by atoms with E-state index >= 15 is 0 Å². The van der Waals surface area contributed by atoms with Crippen molar-refractivity contribution in [2.75, 3.05) is 25.1 Å². The van der Waals surface area contributed by atoms with Gasteiger partial charge in [-0.3, -0.25) is 14.4 Å². The maximum absolute atomic E-state index is 14.1. The summed E-state index contributed by atoms with van der Waals surface area (Å²) in [6, 6.07) is 28.4. The number of rotatable bonds is 13. The van der Waals surface area contributed by atoms with E-state index in [9.17, 15) is 14.4 Å². The van der Waals surface area contributed by atoms with Gasteiger partial charge in [0.05, 0.1) is 12.8 Å². The zero-order valence-electron chi connectivity index (χ0n) is 25.1. The maximum atomic E-state index is 14.1. The highest BCUT2D eigenvalue weighted by molar-refractivity contribution is 6.25. The number of methoxy groups -OCH3 is 1. The summed E-state index contributed by atoms with van der Waals surface area (Å²) in [4.78, 5) is 44.5. The van der Waals surface area contributed by atoms with Crippen molar-refractivity contribution in [2.45, 2.75) is 45.7 Å². The minimum atomic E-state index is -0.703. The van der Waals surface area contributed by atoms with Gasteiger partial charge in [-0.15, -0.1) is 0 Å². The Labute approximate surface area is 253 Å². The number of carbonyl (C=O) groups excluding carboxylic acids is 3. The first-order chi connectivity index (χ1) is 20.9. The lowest BCUT2D eigenvalue weighted by Crippen LogP contribution is -2.51. The molecule has 4 aromatic carbocycles. The molecule has 1 unspecified atom stereocenters. The zero-order chi connectivity index (χ0) is 30.3. The Bertz CT molecular complexity index is 1600. The van der Waals surface area contributed by atoms with Gasteiger partial charge in [0.1, 0.15) is 11.8 Å². The van der Waals surface area contributed by atoms with Gasteiger partial charge >= 0.3 is 0 Å². The number of hydrogen-bond donors (Lipinski definition) is 1. The molecular weight excluding hydrogens is 538 g/mol. The lowest BCUT2D eigenvalue weighted by Gasteiger charge is -2.32. The summed E-state index contributed by atoms with van der Waals surface area (Å²) in [6.45, 7) is 5.28. The molecule has 0 bridgehead atoms. The Hall–Kier alpha value is -4.65. The van der Waals surface area contributed by atoms with Crippen molar-refractivity contribution in [1.82, 2.24) is 10.2 Å². The number of nitrogens with one attached hydrogen (secondary N) is 1. The molecule has 3 amide bonds. The number of anilines is 1. The monoisotopic (exact) mass is 577 g/mol. The van der Waals surface area contributed by atoms with Crippen LogP contribution in [0.15, 0.2) is 91.0 Å². The largest absolute Gasteiger partial charge is 0.497 e. The van der Waals surface area contributed by atoms with E-state index in [0.717, 1.165) is 27.6 Å². The number of hydrogen-bond acceptors (Lipinski definition) is 4. The maximum Gasteiger partial charge on any atom is 0.258 e.